The molecule has 0 aromatic heterocycles. The zero-order chi connectivity index (χ0) is 18.9. The Morgan fingerprint density at radius 2 is 1.31 bits per heavy atom. The third-order valence-electron chi connectivity index (χ3n) is 3.65. The van der Waals surface area contributed by atoms with Crippen LogP contribution in [-0.2, 0) is 0 Å². The summed E-state index contributed by atoms with van der Waals surface area (Å²) in [6, 6.07) is 14.6. The van der Waals surface area contributed by atoms with Crippen LogP contribution < -0.4 is 9.47 Å². The van der Waals surface area contributed by atoms with E-state index in [1.807, 2.05) is 24.3 Å². The van der Waals surface area contributed by atoms with E-state index >= 15 is 0 Å². The van der Waals surface area contributed by atoms with Gasteiger partial charge in [-0.25, -0.2) is 4.39 Å². The van der Waals surface area contributed by atoms with Crippen molar-refractivity contribution < 1.29 is 24.1 Å². The number of rotatable bonds is 10. The van der Waals surface area contributed by atoms with Crippen molar-refractivity contribution >= 4 is 17.2 Å². The fourth-order valence-corrected chi connectivity index (χ4v) is 2.23. The smallest absolute Gasteiger partial charge is 0.119 e. The summed E-state index contributed by atoms with van der Waals surface area (Å²) in [6.45, 7) is 3.32. The maximum Gasteiger partial charge on any atom is 0.119 e. The fourth-order valence-electron chi connectivity index (χ4n) is 2.15. The van der Waals surface area contributed by atoms with E-state index in [2.05, 4.69) is 6.58 Å². The summed E-state index contributed by atoms with van der Waals surface area (Å²) in [6.07, 6.45) is -1.81. The topological polar surface area (TPSA) is 58.9 Å². The van der Waals surface area contributed by atoms with E-state index in [-0.39, 0.29) is 19.1 Å². The Morgan fingerprint density at radius 3 is 1.69 bits per heavy atom. The van der Waals surface area contributed by atoms with Crippen LogP contribution in [0.2, 0.25) is 0 Å². The second-order valence-electron chi connectivity index (χ2n) is 5.77. The first kappa shape index (κ1) is 20.2. The van der Waals surface area contributed by atoms with E-state index < -0.39 is 18.9 Å². The first-order valence-electron chi connectivity index (χ1n) is 8.17. The maximum atomic E-state index is 12.2. The highest BCUT2D eigenvalue weighted by molar-refractivity contribution is 6.18. The van der Waals surface area contributed by atoms with Gasteiger partial charge in [0.2, 0.25) is 0 Å². The van der Waals surface area contributed by atoms with Crippen molar-refractivity contribution in [2.75, 3.05) is 25.8 Å². The molecule has 2 aromatic rings. The minimum atomic E-state index is -1.11. The number of halogens is 2. The van der Waals surface area contributed by atoms with Crippen LogP contribution in [0.1, 0.15) is 11.1 Å². The molecule has 0 fully saturated rings. The average molecular weight is 381 g/mol. The van der Waals surface area contributed by atoms with Crippen molar-refractivity contribution in [1.29, 1.82) is 0 Å². The summed E-state index contributed by atoms with van der Waals surface area (Å²) in [4.78, 5) is 0. The van der Waals surface area contributed by atoms with Crippen molar-refractivity contribution in [1.82, 2.24) is 0 Å². The zero-order valence-electron chi connectivity index (χ0n) is 14.3. The monoisotopic (exact) mass is 380 g/mol. The van der Waals surface area contributed by atoms with Crippen LogP contribution in [0.4, 0.5) is 4.39 Å². The minimum Gasteiger partial charge on any atom is -0.491 e. The Morgan fingerprint density at radius 1 is 0.885 bits per heavy atom. The molecule has 0 spiro atoms. The van der Waals surface area contributed by atoms with Gasteiger partial charge in [0.1, 0.15) is 43.6 Å². The number of hydrogen-bond acceptors (Lipinski definition) is 4. The van der Waals surface area contributed by atoms with Crippen LogP contribution in [0.15, 0.2) is 55.1 Å². The first-order chi connectivity index (χ1) is 12.5. The molecule has 2 rings (SSSR count). The van der Waals surface area contributed by atoms with E-state index in [0.29, 0.717) is 11.5 Å². The molecule has 0 aliphatic heterocycles. The van der Waals surface area contributed by atoms with Crippen molar-refractivity contribution in [2.45, 2.75) is 12.2 Å². The lowest BCUT2D eigenvalue weighted by atomic mass is 9.99. The maximum absolute atomic E-state index is 12.2. The van der Waals surface area contributed by atoms with Gasteiger partial charge in [-0.1, -0.05) is 30.8 Å². The average Bonchev–Trinajstić information content (AvgIpc) is 2.70. The van der Waals surface area contributed by atoms with E-state index in [0.717, 1.165) is 16.7 Å². The number of hydrogen-bond donors (Lipinski definition) is 2. The third-order valence-corrected chi connectivity index (χ3v) is 4.00. The van der Waals surface area contributed by atoms with E-state index in [1.165, 1.54) is 0 Å². The number of aliphatic hydroxyl groups is 2. The Bertz CT molecular complexity index is 628. The second kappa shape index (κ2) is 10.2. The minimum absolute atomic E-state index is 0.0866. The molecule has 0 aliphatic rings. The molecule has 140 valence electrons. The zero-order valence-corrected chi connectivity index (χ0v) is 15.0. The summed E-state index contributed by atoms with van der Waals surface area (Å²) < 4.78 is 23.0. The standard InChI is InChI=1S/C20H22ClFO4/c1-14(15-2-6-19(7-3-15)25-12-17(23)10-21)16-4-8-20(9-5-16)26-13-18(24)11-22/h2-9,17-18,23-24H,1,10-13H2/t17-,18-/m0/s1. The molecule has 2 atom stereocenters. The molecule has 26 heavy (non-hydrogen) atoms. The molecule has 0 radical (unpaired) electrons. The predicted molar refractivity (Wildman–Crippen MR) is 101 cm³/mol. The SMILES string of the molecule is C=C(c1ccc(OC[C@@H](O)CF)cc1)c1ccc(OC[C@@H](O)CCl)cc1. The number of benzene rings is 2. The Labute approximate surface area is 157 Å². The molecular formula is C20H22ClFO4. The van der Waals surface area contributed by atoms with E-state index in [4.69, 9.17) is 21.1 Å². The summed E-state index contributed by atoms with van der Waals surface area (Å²) in [5.74, 6) is 1.32. The van der Waals surface area contributed by atoms with Crippen molar-refractivity contribution in [2.24, 2.45) is 0 Å². The largest absolute Gasteiger partial charge is 0.491 e. The summed E-state index contributed by atoms with van der Waals surface area (Å²) in [5, 5.41) is 18.6. The van der Waals surface area contributed by atoms with Gasteiger partial charge >= 0.3 is 0 Å². The normalized spacial score (nSPS) is 13.1. The molecule has 2 aromatic carbocycles. The van der Waals surface area contributed by atoms with Gasteiger partial charge in [0.05, 0.1) is 5.88 Å². The van der Waals surface area contributed by atoms with Crippen molar-refractivity contribution in [3.05, 3.63) is 66.2 Å². The highest BCUT2D eigenvalue weighted by Gasteiger charge is 2.07. The molecule has 0 saturated carbocycles. The van der Waals surface area contributed by atoms with Gasteiger partial charge in [0.15, 0.2) is 0 Å². The van der Waals surface area contributed by atoms with Crippen molar-refractivity contribution in [3.63, 3.8) is 0 Å². The summed E-state index contributed by atoms with van der Waals surface area (Å²) in [7, 11) is 0. The number of ether oxygens (including phenoxy) is 2. The van der Waals surface area contributed by atoms with Crippen LogP contribution >= 0.6 is 11.6 Å². The Hall–Kier alpha value is -2.08. The molecule has 4 nitrogen and oxygen atoms in total. The number of aliphatic hydroxyl groups excluding tert-OH is 2. The third kappa shape index (κ3) is 6.02. The summed E-state index contributed by atoms with van der Waals surface area (Å²) in [5.41, 5.74) is 2.67. The molecule has 0 amide bonds. The van der Waals surface area contributed by atoms with E-state index in [9.17, 15) is 14.6 Å². The van der Waals surface area contributed by atoms with Gasteiger partial charge in [0.25, 0.3) is 0 Å². The molecular weight excluding hydrogens is 359 g/mol. The molecule has 0 aliphatic carbocycles. The number of alkyl halides is 2. The van der Waals surface area contributed by atoms with Gasteiger partial charge in [-0.05, 0) is 41.0 Å². The first-order valence-corrected chi connectivity index (χ1v) is 8.70. The molecule has 0 heterocycles. The van der Waals surface area contributed by atoms with Crippen molar-refractivity contribution in [3.8, 4) is 11.5 Å². The van der Waals surface area contributed by atoms with E-state index in [1.54, 1.807) is 24.3 Å². The molecule has 6 heteroatoms. The predicted octanol–water partition coefficient (Wildman–Crippen LogP) is 3.44. The molecule has 0 bridgehead atoms. The fraction of sp³-hybridized carbons (Fsp3) is 0.300. The molecule has 0 unspecified atom stereocenters. The summed E-state index contributed by atoms with van der Waals surface area (Å²) >= 11 is 5.53. The van der Waals surface area contributed by atoms with Crippen LogP contribution in [0.5, 0.6) is 11.5 Å². The second-order valence-corrected chi connectivity index (χ2v) is 6.07. The lowest BCUT2D eigenvalue weighted by Crippen LogP contribution is -2.19. The van der Waals surface area contributed by atoms with Gasteiger partial charge in [-0.15, -0.1) is 11.6 Å². The molecule has 0 saturated heterocycles. The van der Waals surface area contributed by atoms with Gasteiger partial charge < -0.3 is 19.7 Å². The van der Waals surface area contributed by atoms with Gasteiger partial charge in [-0.3, -0.25) is 0 Å². The van der Waals surface area contributed by atoms with Gasteiger partial charge in [0, 0.05) is 0 Å². The lowest BCUT2D eigenvalue weighted by molar-refractivity contribution is 0.0842. The highest BCUT2D eigenvalue weighted by atomic mass is 35.5. The van der Waals surface area contributed by atoms with Crippen LogP contribution in [0.25, 0.3) is 5.57 Å². The van der Waals surface area contributed by atoms with Crippen LogP contribution in [0.3, 0.4) is 0 Å². The molecule has 2 N–H and O–H groups in total. The quantitative estimate of drug-likeness (QED) is 0.620. The van der Waals surface area contributed by atoms with Crippen LogP contribution in [0, 0.1) is 0 Å². The Balaban J connectivity index is 1.95. The van der Waals surface area contributed by atoms with Gasteiger partial charge in [-0.2, -0.15) is 0 Å². The highest BCUT2D eigenvalue weighted by Crippen LogP contribution is 2.25. The van der Waals surface area contributed by atoms with Crippen LogP contribution in [-0.4, -0.2) is 48.2 Å². The Kier molecular flexibility index (Phi) is 7.91. The lowest BCUT2D eigenvalue weighted by Gasteiger charge is -2.12.